The van der Waals surface area contributed by atoms with E-state index in [1.54, 1.807) is 0 Å². The second kappa shape index (κ2) is 6.67. The van der Waals surface area contributed by atoms with Crippen LogP contribution in [0.1, 0.15) is 54.4 Å². The predicted octanol–water partition coefficient (Wildman–Crippen LogP) is 5.00. The summed E-state index contributed by atoms with van der Waals surface area (Å²) in [6, 6.07) is 15.9. The normalized spacial score (nSPS) is 29.8. The van der Waals surface area contributed by atoms with Crippen molar-refractivity contribution < 1.29 is 5.11 Å². The number of hydrogen-bond donors (Lipinski definition) is 1. The number of benzene rings is 2. The van der Waals surface area contributed by atoms with Gasteiger partial charge in [0.2, 0.25) is 0 Å². The quantitative estimate of drug-likeness (QED) is 0.831. The molecular formula is C25H31NO. The summed E-state index contributed by atoms with van der Waals surface area (Å²) < 4.78 is 0. The van der Waals surface area contributed by atoms with Gasteiger partial charge < -0.3 is 5.11 Å². The van der Waals surface area contributed by atoms with Crippen molar-refractivity contribution in [3.8, 4) is 5.75 Å². The number of aromatic hydroxyl groups is 1. The van der Waals surface area contributed by atoms with Crippen LogP contribution >= 0.6 is 0 Å². The van der Waals surface area contributed by atoms with Gasteiger partial charge in [0.25, 0.3) is 0 Å². The molecule has 1 aliphatic heterocycles. The number of likely N-dealkylation sites (tertiary alicyclic amines) is 1. The molecule has 2 fully saturated rings. The third kappa shape index (κ3) is 2.89. The van der Waals surface area contributed by atoms with E-state index in [0.29, 0.717) is 17.2 Å². The van der Waals surface area contributed by atoms with Crippen molar-refractivity contribution in [1.82, 2.24) is 4.90 Å². The van der Waals surface area contributed by atoms with Crippen LogP contribution in [0.15, 0.2) is 42.5 Å². The van der Waals surface area contributed by atoms with Gasteiger partial charge in [-0.25, -0.2) is 0 Å². The zero-order chi connectivity index (χ0) is 18.4. The van der Waals surface area contributed by atoms with Crippen LogP contribution in [-0.2, 0) is 18.3 Å². The van der Waals surface area contributed by atoms with Crippen molar-refractivity contribution in [1.29, 1.82) is 0 Å². The van der Waals surface area contributed by atoms with Crippen molar-refractivity contribution >= 4 is 0 Å². The van der Waals surface area contributed by atoms with Gasteiger partial charge in [-0.1, -0.05) is 48.7 Å². The van der Waals surface area contributed by atoms with Gasteiger partial charge in [0.15, 0.2) is 0 Å². The fourth-order valence-electron chi connectivity index (χ4n) is 6.38. The summed E-state index contributed by atoms with van der Waals surface area (Å²) in [5.41, 5.74) is 6.12. The maximum atomic E-state index is 10.1. The standard InChI is InChI=1S/C25H31NO/c1-18-5-7-19(8-6-18)11-14-26-15-13-25-12-3-2-4-22(25)24(26)16-20-9-10-21(27)17-23(20)25/h5-10,17,22,24,27H,2-4,11-16H2,1H3/t22-,24+,25-/m0/s1. The first kappa shape index (κ1) is 17.3. The summed E-state index contributed by atoms with van der Waals surface area (Å²) in [5.74, 6) is 1.22. The number of rotatable bonds is 3. The Hall–Kier alpha value is -1.80. The maximum Gasteiger partial charge on any atom is 0.115 e. The highest BCUT2D eigenvalue weighted by atomic mass is 16.3. The minimum Gasteiger partial charge on any atom is -0.508 e. The molecule has 0 amide bonds. The van der Waals surface area contributed by atoms with Gasteiger partial charge in [-0.05, 0) is 80.3 Å². The van der Waals surface area contributed by atoms with Gasteiger partial charge in [0.05, 0.1) is 0 Å². The molecule has 0 spiro atoms. The van der Waals surface area contributed by atoms with Crippen molar-refractivity contribution in [2.45, 2.75) is 63.3 Å². The second-order valence-corrected chi connectivity index (χ2v) is 9.14. The zero-order valence-corrected chi connectivity index (χ0v) is 16.5. The highest BCUT2D eigenvalue weighted by Crippen LogP contribution is 2.56. The number of fused-ring (bicyclic) bond motifs is 1. The maximum absolute atomic E-state index is 10.1. The number of phenolic OH excluding ortho intramolecular Hbond substituents is 1. The fourth-order valence-corrected chi connectivity index (χ4v) is 6.38. The topological polar surface area (TPSA) is 23.5 Å². The van der Waals surface area contributed by atoms with Crippen LogP contribution in [0, 0.1) is 12.8 Å². The monoisotopic (exact) mass is 361 g/mol. The van der Waals surface area contributed by atoms with Gasteiger partial charge >= 0.3 is 0 Å². The first-order valence-electron chi connectivity index (χ1n) is 10.8. The molecule has 0 unspecified atom stereocenters. The number of nitrogens with zero attached hydrogens (tertiary/aromatic N) is 1. The molecule has 1 saturated carbocycles. The van der Waals surface area contributed by atoms with E-state index in [1.807, 2.05) is 6.07 Å². The molecule has 27 heavy (non-hydrogen) atoms. The molecule has 2 aromatic rings. The molecule has 0 aromatic heterocycles. The smallest absolute Gasteiger partial charge is 0.115 e. The molecule has 2 aliphatic carbocycles. The van der Waals surface area contributed by atoms with Crippen LogP contribution in [0.3, 0.4) is 0 Å². The highest BCUT2D eigenvalue weighted by Gasteiger charge is 2.53. The predicted molar refractivity (Wildman–Crippen MR) is 110 cm³/mol. The van der Waals surface area contributed by atoms with E-state index in [-0.39, 0.29) is 0 Å². The first-order chi connectivity index (χ1) is 13.2. The molecule has 2 aromatic carbocycles. The lowest BCUT2D eigenvalue weighted by Gasteiger charge is -2.59. The lowest BCUT2D eigenvalue weighted by molar-refractivity contribution is -0.0106. The third-order valence-corrected chi connectivity index (χ3v) is 7.74. The van der Waals surface area contributed by atoms with Crippen LogP contribution in [0.25, 0.3) is 0 Å². The molecular weight excluding hydrogens is 330 g/mol. The lowest BCUT2D eigenvalue weighted by atomic mass is 9.52. The van der Waals surface area contributed by atoms with Gasteiger partial charge in [0.1, 0.15) is 5.75 Å². The van der Waals surface area contributed by atoms with E-state index in [4.69, 9.17) is 0 Å². The molecule has 2 heteroatoms. The Morgan fingerprint density at radius 2 is 1.93 bits per heavy atom. The molecule has 0 radical (unpaired) electrons. The Kier molecular flexibility index (Phi) is 4.27. The second-order valence-electron chi connectivity index (χ2n) is 9.14. The first-order valence-corrected chi connectivity index (χ1v) is 10.8. The van der Waals surface area contributed by atoms with E-state index >= 15 is 0 Å². The van der Waals surface area contributed by atoms with Gasteiger partial charge in [-0.2, -0.15) is 0 Å². The van der Waals surface area contributed by atoms with E-state index in [1.165, 1.54) is 67.4 Å². The van der Waals surface area contributed by atoms with Crippen LogP contribution < -0.4 is 0 Å². The molecule has 2 bridgehead atoms. The van der Waals surface area contributed by atoms with E-state index < -0.39 is 0 Å². The minimum absolute atomic E-state index is 0.329. The Balaban J connectivity index is 1.42. The van der Waals surface area contributed by atoms with E-state index in [0.717, 1.165) is 18.8 Å². The summed E-state index contributed by atoms with van der Waals surface area (Å²) in [4.78, 5) is 2.80. The van der Waals surface area contributed by atoms with Crippen molar-refractivity contribution in [3.63, 3.8) is 0 Å². The molecule has 1 heterocycles. The van der Waals surface area contributed by atoms with Crippen LogP contribution in [0.4, 0.5) is 0 Å². The summed E-state index contributed by atoms with van der Waals surface area (Å²) in [6.45, 7) is 4.55. The Bertz CT molecular complexity index is 827. The van der Waals surface area contributed by atoms with Gasteiger partial charge in [-0.15, -0.1) is 0 Å². The van der Waals surface area contributed by atoms with Crippen molar-refractivity contribution in [3.05, 3.63) is 64.7 Å². The van der Waals surface area contributed by atoms with Gasteiger partial charge in [0, 0.05) is 18.0 Å². The summed E-state index contributed by atoms with van der Waals surface area (Å²) in [5, 5.41) is 10.1. The third-order valence-electron chi connectivity index (χ3n) is 7.74. The van der Waals surface area contributed by atoms with Crippen LogP contribution in [-0.4, -0.2) is 29.1 Å². The summed E-state index contributed by atoms with van der Waals surface area (Å²) in [6.07, 6.45) is 8.98. The molecule has 1 N–H and O–H groups in total. The molecule has 1 saturated heterocycles. The van der Waals surface area contributed by atoms with Crippen molar-refractivity contribution in [2.24, 2.45) is 5.92 Å². The lowest BCUT2D eigenvalue weighted by Crippen LogP contribution is -2.61. The number of piperidine rings is 1. The minimum atomic E-state index is 0.329. The van der Waals surface area contributed by atoms with Crippen LogP contribution in [0.2, 0.25) is 0 Å². The largest absolute Gasteiger partial charge is 0.508 e. The van der Waals surface area contributed by atoms with E-state index in [9.17, 15) is 5.11 Å². The molecule has 3 atom stereocenters. The molecule has 142 valence electrons. The number of phenols is 1. The average molecular weight is 362 g/mol. The SMILES string of the molecule is Cc1ccc(CCN2CC[C@@]34CCCC[C@H]3[C@H]2Cc2ccc(O)cc24)cc1. The fraction of sp³-hybridized carbons (Fsp3) is 0.520. The number of hydrogen-bond acceptors (Lipinski definition) is 2. The van der Waals surface area contributed by atoms with E-state index in [2.05, 4.69) is 48.2 Å². The van der Waals surface area contributed by atoms with Crippen molar-refractivity contribution in [2.75, 3.05) is 13.1 Å². The summed E-state index contributed by atoms with van der Waals surface area (Å²) in [7, 11) is 0. The zero-order valence-electron chi connectivity index (χ0n) is 16.5. The molecule has 5 rings (SSSR count). The Morgan fingerprint density at radius 1 is 1.07 bits per heavy atom. The van der Waals surface area contributed by atoms with Gasteiger partial charge in [-0.3, -0.25) is 4.90 Å². The molecule has 2 nitrogen and oxygen atoms in total. The molecule has 3 aliphatic rings. The number of aryl methyl sites for hydroxylation is 1. The highest BCUT2D eigenvalue weighted by molar-refractivity contribution is 5.45. The Labute approximate surface area is 163 Å². The average Bonchev–Trinajstić information content (AvgIpc) is 2.69. The Morgan fingerprint density at radius 3 is 2.78 bits per heavy atom. The van der Waals surface area contributed by atoms with Crippen LogP contribution in [0.5, 0.6) is 5.75 Å². The summed E-state index contributed by atoms with van der Waals surface area (Å²) >= 11 is 0.